The summed E-state index contributed by atoms with van der Waals surface area (Å²) in [5.74, 6) is -0.993. The molecule has 0 spiro atoms. The highest BCUT2D eigenvalue weighted by Gasteiger charge is 2.34. The average Bonchev–Trinajstić information content (AvgIpc) is 2.73. The lowest BCUT2D eigenvalue weighted by Crippen LogP contribution is -2.54. The number of anilines is 1. The average molecular weight is 433 g/mol. The third-order valence-electron chi connectivity index (χ3n) is 4.86. The SMILES string of the molecule is Cc1ccccc1-c1ccc(C=C2C(=O)NC(=S)N(c3ccc(Cl)cc3)C2=O)cc1. The van der Waals surface area contributed by atoms with Crippen molar-refractivity contribution in [2.24, 2.45) is 0 Å². The first-order valence-corrected chi connectivity index (χ1v) is 10.1. The molecule has 4 nitrogen and oxygen atoms in total. The van der Waals surface area contributed by atoms with Crippen molar-refractivity contribution in [2.45, 2.75) is 6.92 Å². The second kappa shape index (κ2) is 8.22. The molecule has 2 amide bonds. The lowest BCUT2D eigenvalue weighted by Gasteiger charge is -2.28. The number of aryl methyl sites for hydroxylation is 1. The highest BCUT2D eigenvalue weighted by Crippen LogP contribution is 2.26. The van der Waals surface area contributed by atoms with Gasteiger partial charge in [-0.15, -0.1) is 0 Å². The number of halogens is 1. The predicted molar refractivity (Wildman–Crippen MR) is 124 cm³/mol. The van der Waals surface area contributed by atoms with Crippen LogP contribution in [0.3, 0.4) is 0 Å². The molecule has 3 aromatic rings. The molecule has 1 aliphatic heterocycles. The van der Waals surface area contributed by atoms with Crippen LogP contribution in [0.1, 0.15) is 11.1 Å². The second-order valence-electron chi connectivity index (χ2n) is 6.87. The van der Waals surface area contributed by atoms with Crippen molar-refractivity contribution in [3.8, 4) is 11.1 Å². The Bertz CT molecular complexity index is 1180. The fraction of sp³-hybridized carbons (Fsp3) is 0.0417. The van der Waals surface area contributed by atoms with Crippen molar-refractivity contribution in [2.75, 3.05) is 4.90 Å². The Kier molecular flexibility index (Phi) is 5.48. The maximum Gasteiger partial charge on any atom is 0.270 e. The van der Waals surface area contributed by atoms with Gasteiger partial charge in [-0.05, 0) is 71.7 Å². The molecule has 0 aliphatic carbocycles. The number of nitrogens with one attached hydrogen (secondary N) is 1. The molecule has 0 aromatic heterocycles. The van der Waals surface area contributed by atoms with Crippen LogP contribution in [0.15, 0.2) is 78.4 Å². The van der Waals surface area contributed by atoms with E-state index in [1.807, 2.05) is 36.4 Å². The number of amides is 2. The number of benzene rings is 3. The number of carbonyl (C=O) groups is 2. The van der Waals surface area contributed by atoms with Gasteiger partial charge in [-0.1, -0.05) is 60.1 Å². The lowest BCUT2D eigenvalue weighted by atomic mass is 9.99. The van der Waals surface area contributed by atoms with E-state index >= 15 is 0 Å². The van der Waals surface area contributed by atoms with Crippen LogP contribution in [0.2, 0.25) is 5.02 Å². The van der Waals surface area contributed by atoms with Crippen LogP contribution < -0.4 is 10.2 Å². The van der Waals surface area contributed by atoms with Gasteiger partial charge < -0.3 is 0 Å². The predicted octanol–water partition coefficient (Wildman–Crippen LogP) is 5.15. The van der Waals surface area contributed by atoms with Crippen LogP contribution in [-0.4, -0.2) is 16.9 Å². The first-order valence-electron chi connectivity index (χ1n) is 9.27. The first kappa shape index (κ1) is 20.0. The van der Waals surface area contributed by atoms with Crippen molar-refractivity contribution in [1.29, 1.82) is 0 Å². The van der Waals surface area contributed by atoms with Gasteiger partial charge in [-0.25, -0.2) is 0 Å². The molecular formula is C24H17ClN2O2S. The van der Waals surface area contributed by atoms with Gasteiger partial charge >= 0.3 is 0 Å². The highest BCUT2D eigenvalue weighted by molar-refractivity contribution is 7.80. The highest BCUT2D eigenvalue weighted by atomic mass is 35.5. The Labute approximate surface area is 184 Å². The Balaban J connectivity index is 1.66. The van der Waals surface area contributed by atoms with Crippen LogP contribution in [-0.2, 0) is 9.59 Å². The molecule has 0 unspecified atom stereocenters. The summed E-state index contributed by atoms with van der Waals surface area (Å²) in [5.41, 5.74) is 4.69. The number of thiocarbonyl (C=S) groups is 1. The number of hydrogen-bond acceptors (Lipinski definition) is 3. The normalized spacial score (nSPS) is 15.5. The van der Waals surface area contributed by atoms with Gasteiger partial charge in [0.25, 0.3) is 11.8 Å². The first-order chi connectivity index (χ1) is 14.4. The molecule has 6 heteroatoms. The smallest absolute Gasteiger partial charge is 0.270 e. The standard InChI is InChI=1S/C24H17ClN2O2S/c1-15-4-2-3-5-20(15)17-8-6-16(7-9-17)14-21-22(28)26-24(30)27(23(21)29)19-12-10-18(25)11-13-19/h2-14H,1H3,(H,26,28,30). The molecule has 1 aliphatic rings. The number of rotatable bonds is 3. The van der Waals surface area contributed by atoms with E-state index in [-0.39, 0.29) is 10.7 Å². The van der Waals surface area contributed by atoms with E-state index in [4.69, 9.17) is 23.8 Å². The molecule has 0 bridgehead atoms. The Morgan fingerprint density at radius 3 is 2.27 bits per heavy atom. The third kappa shape index (κ3) is 3.90. The fourth-order valence-corrected chi connectivity index (χ4v) is 3.71. The van der Waals surface area contributed by atoms with Gasteiger partial charge in [-0.3, -0.25) is 19.8 Å². The summed E-state index contributed by atoms with van der Waals surface area (Å²) in [6, 6.07) is 22.5. The van der Waals surface area contributed by atoms with Gasteiger partial charge in [-0.2, -0.15) is 0 Å². The number of carbonyl (C=O) groups excluding carboxylic acids is 2. The van der Waals surface area contributed by atoms with Crippen LogP contribution in [0.25, 0.3) is 17.2 Å². The number of nitrogens with zero attached hydrogens (tertiary/aromatic N) is 1. The number of hydrogen-bond donors (Lipinski definition) is 1. The molecule has 1 saturated heterocycles. The molecule has 0 radical (unpaired) electrons. The molecule has 30 heavy (non-hydrogen) atoms. The van der Waals surface area contributed by atoms with Gasteiger partial charge in [0.2, 0.25) is 0 Å². The van der Waals surface area contributed by atoms with E-state index in [1.54, 1.807) is 30.3 Å². The van der Waals surface area contributed by atoms with E-state index in [0.29, 0.717) is 10.7 Å². The molecule has 1 fully saturated rings. The summed E-state index contributed by atoms with van der Waals surface area (Å²) in [6.45, 7) is 2.06. The van der Waals surface area contributed by atoms with E-state index < -0.39 is 11.8 Å². The van der Waals surface area contributed by atoms with E-state index in [2.05, 4.69) is 24.4 Å². The molecule has 3 aromatic carbocycles. The minimum atomic E-state index is -0.516. The minimum absolute atomic E-state index is 0.0159. The lowest BCUT2D eigenvalue weighted by molar-refractivity contribution is -0.122. The van der Waals surface area contributed by atoms with Crippen LogP contribution in [0, 0.1) is 6.92 Å². The molecule has 1 N–H and O–H groups in total. The van der Waals surface area contributed by atoms with Gasteiger partial charge in [0.05, 0.1) is 5.69 Å². The van der Waals surface area contributed by atoms with Crippen LogP contribution in [0.4, 0.5) is 5.69 Å². The maximum absolute atomic E-state index is 13.0. The van der Waals surface area contributed by atoms with Crippen LogP contribution in [0.5, 0.6) is 0 Å². The Morgan fingerprint density at radius 2 is 1.60 bits per heavy atom. The van der Waals surface area contributed by atoms with Gasteiger partial charge in [0, 0.05) is 5.02 Å². The summed E-state index contributed by atoms with van der Waals surface area (Å²) in [7, 11) is 0. The van der Waals surface area contributed by atoms with Gasteiger partial charge in [0.15, 0.2) is 5.11 Å². The van der Waals surface area contributed by atoms with Crippen molar-refractivity contribution < 1.29 is 9.59 Å². The Morgan fingerprint density at radius 1 is 0.933 bits per heavy atom. The van der Waals surface area contributed by atoms with Gasteiger partial charge in [0.1, 0.15) is 5.57 Å². The third-order valence-corrected chi connectivity index (χ3v) is 5.40. The zero-order valence-electron chi connectivity index (χ0n) is 16.1. The summed E-state index contributed by atoms with van der Waals surface area (Å²) < 4.78 is 0. The van der Waals surface area contributed by atoms with Crippen molar-refractivity contribution in [1.82, 2.24) is 5.32 Å². The molecule has 0 saturated carbocycles. The summed E-state index contributed by atoms with van der Waals surface area (Å²) in [4.78, 5) is 26.8. The summed E-state index contributed by atoms with van der Waals surface area (Å²) >= 11 is 11.1. The van der Waals surface area contributed by atoms with Crippen molar-refractivity contribution >= 4 is 52.5 Å². The Hall–Kier alpha value is -3.28. The topological polar surface area (TPSA) is 49.4 Å². The molecule has 1 heterocycles. The maximum atomic E-state index is 13.0. The molecule has 148 valence electrons. The van der Waals surface area contributed by atoms with E-state index in [0.717, 1.165) is 16.7 Å². The quantitative estimate of drug-likeness (QED) is 0.354. The summed E-state index contributed by atoms with van der Waals surface area (Å²) in [6.07, 6.45) is 1.57. The van der Waals surface area contributed by atoms with E-state index in [1.165, 1.54) is 10.5 Å². The van der Waals surface area contributed by atoms with Crippen molar-refractivity contribution in [3.05, 3.63) is 94.5 Å². The van der Waals surface area contributed by atoms with Crippen LogP contribution >= 0.6 is 23.8 Å². The largest absolute Gasteiger partial charge is 0.298 e. The zero-order valence-corrected chi connectivity index (χ0v) is 17.6. The molecule has 4 rings (SSSR count). The van der Waals surface area contributed by atoms with E-state index in [9.17, 15) is 9.59 Å². The van der Waals surface area contributed by atoms with Crippen molar-refractivity contribution in [3.63, 3.8) is 0 Å². The second-order valence-corrected chi connectivity index (χ2v) is 7.69. The zero-order chi connectivity index (χ0) is 21.3. The fourth-order valence-electron chi connectivity index (χ4n) is 3.30. The minimum Gasteiger partial charge on any atom is -0.298 e. The monoisotopic (exact) mass is 432 g/mol. The molecular weight excluding hydrogens is 416 g/mol. The molecule has 0 atom stereocenters. The summed E-state index contributed by atoms with van der Waals surface area (Å²) in [5, 5.41) is 3.17.